The largest absolute Gasteiger partial charge is 0.380 e. The van der Waals surface area contributed by atoms with Gasteiger partial charge in [0.2, 0.25) is 0 Å². The normalized spacial score (nSPS) is 10.4. The third-order valence-corrected chi connectivity index (χ3v) is 2.95. The van der Waals surface area contributed by atoms with Crippen LogP contribution in [0.4, 0.5) is 8.78 Å². The van der Waals surface area contributed by atoms with Gasteiger partial charge in [-0.1, -0.05) is 30.3 Å². The van der Waals surface area contributed by atoms with Gasteiger partial charge in [0.25, 0.3) is 5.91 Å². The van der Waals surface area contributed by atoms with E-state index in [-0.39, 0.29) is 6.54 Å². The molecule has 0 radical (unpaired) electrons. The van der Waals surface area contributed by atoms with E-state index in [9.17, 15) is 13.6 Å². The van der Waals surface area contributed by atoms with Gasteiger partial charge in [-0.15, -0.1) is 0 Å². The van der Waals surface area contributed by atoms with E-state index in [1.165, 1.54) is 6.07 Å². The maximum absolute atomic E-state index is 13.5. The number of methoxy groups -OCH3 is 1. The summed E-state index contributed by atoms with van der Waals surface area (Å²) in [5, 5.41) is 2.51. The predicted molar refractivity (Wildman–Crippen MR) is 74.7 cm³/mol. The minimum Gasteiger partial charge on any atom is -0.380 e. The summed E-state index contributed by atoms with van der Waals surface area (Å²) >= 11 is 0. The van der Waals surface area contributed by atoms with Crippen molar-refractivity contribution in [2.45, 2.75) is 13.2 Å². The minimum absolute atomic E-state index is 0.185. The van der Waals surface area contributed by atoms with Gasteiger partial charge in [0.15, 0.2) is 0 Å². The molecule has 0 aliphatic heterocycles. The zero-order valence-corrected chi connectivity index (χ0v) is 11.5. The number of ether oxygens (including phenoxy) is 1. The zero-order chi connectivity index (χ0) is 15.2. The lowest BCUT2D eigenvalue weighted by Gasteiger charge is -2.08. The van der Waals surface area contributed by atoms with Crippen LogP contribution in [0.25, 0.3) is 0 Å². The summed E-state index contributed by atoms with van der Waals surface area (Å²) in [6.07, 6.45) is 0. The Hall–Kier alpha value is -2.27. The van der Waals surface area contributed by atoms with Gasteiger partial charge in [-0.25, -0.2) is 8.78 Å². The molecule has 0 saturated carbocycles. The second-order valence-corrected chi connectivity index (χ2v) is 4.53. The van der Waals surface area contributed by atoms with Crippen molar-refractivity contribution < 1.29 is 18.3 Å². The fourth-order valence-electron chi connectivity index (χ4n) is 1.98. The summed E-state index contributed by atoms with van der Waals surface area (Å²) in [7, 11) is 1.59. The molecule has 1 N–H and O–H groups in total. The molecule has 0 fully saturated rings. The summed E-state index contributed by atoms with van der Waals surface area (Å²) in [4.78, 5) is 11.9. The molecule has 2 aromatic carbocycles. The van der Waals surface area contributed by atoms with Crippen LogP contribution in [0.1, 0.15) is 21.5 Å². The van der Waals surface area contributed by atoms with Crippen molar-refractivity contribution in [3.63, 3.8) is 0 Å². The molecule has 2 aromatic rings. The second-order valence-electron chi connectivity index (χ2n) is 4.53. The van der Waals surface area contributed by atoms with Crippen LogP contribution >= 0.6 is 0 Å². The monoisotopic (exact) mass is 291 g/mol. The minimum atomic E-state index is -0.874. The van der Waals surface area contributed by atoms with Crippen LogP contribution in [0.3, 0.4) is 0 Å². The molecule has 110 valence electrons. The summed E-state index contributed by atoms with van der Waals surface area (Å²) in [6.45, 7) is 0.647. The first-order valence-corrected chi connectivity index (χ1v) is 6.41. The number of hydrogen-bond donors (Lipinski definition) is 1. The Labute approximate surface area is 121 Å². The van der Waals surface area contributed by atoms with Crippen molar-refractivity contribution in [3.05, 3.63) is 70.8 Å². The highest BCUT2D eigenvalue weighted by Gasteiger charge is 2.16. The van der Waals surface area contributed by atoms with Crippen LogP contribution in [-0.4, -0.2) is 13.0 Å². The van der Waals surface area contributed by atoms with Crippen molar-refractivity contribution in [2.75, 3.05) is 7.11 Å². The van der Waals surface area contributed by atoms with Crippen LogP contribution in [0, 0.1) is 11.6 Å². The molecule has 0 heterocycles. The molecule has 0 atom stereocenters. The molecule has 3 nitrogen and oxygen atoms in total. The van der Waals surface area contributed by atoms with Crippen LogP contribution in [0.5, 0.6) is 0 Å². The second kappa shape index (κ2) is 6.95. The number of carbonyl (C=O) groups is 1. The zero-order valence-electron chi connectivity index (χ0n) is 11.5. The van der Waals surface area contributed by atoms with Crippen molar-refractivity contribution in [3.8, 4) is 0 Å². The third-order valence-electron chi connectivity index (χ3n) is 2.95. The molecule has 0 bridgehead atoms. The van der Waals surface area contributed by atoms with Crippen molar-refractivity contribution in [2.24, 2.45) is 0 Å². The van der Waals surface area contributed by atoms with Gasteiger partial charge in [0.05, 0.1) is 6.61 Å². The highest BCUT2D eigenvalue weighted by molar-refractivity contribution is 5.94. The van der Waals surface area contributed by atoms with E-state index in [4.69, 9.17) is 4.74 Å². The summed E-state index contributed by atoms with van der Waals surface area (Å²) < 4.78 is 32.0. The number of nitrogens with one attached hydrogen (secondary N) is 1. The lowest BCUT2D eigenvalue weighted by molar-refractivity contribution is 0.0942. The fourth-order valence-corrected chi connectivity index (χ4v) is 1.98. The Kier molecular flexibility index (Phi) is 5.00. The summed E-state index contributed by atoms with van der Waals surface area (Å²) in [6, 6.07) is 10.7. The van der Waals surface area contributed by atoms with Gasteiger partial charge >= 0.3 is 0 Å². The van der Waals surface area contributed by atoms with Crippen LogP contribution in [0.2, 0.25) is 0 Å². The van der Waals surface area contributed by atoms with E-state index in [1.807, 2.05) is 24.3 Å². The van der Waals surface area contributed by atoms with E-state index >= 15 is 0 Å². The van der Waals surface area contributed by atoms with Crippen LogP contribution in [-0.2, 0) is 17.9 Å². The van der Waals surface area contributed by atoms with Gasteiger partial charge in [0.1, 0.15) is 17.2 Å². The number of halogens is 2. The predicted octanol–water partition coefficient (Wildman–Crippen LogP) is 3.04. The fraction of sp³-hybridized carbons (Fsp3) is 0.188. The Morgan fingerprint density at radius 1 is 1.10 bits per heavy atom. The SMILES string of the molecule is COCc1cccc(CNC(=O)c2c(F)cccc2F)c1. The average Bonchev–Trinajstić information content (AvgIpc) is 2.46. The smallest absolute Gasteiger partial charge is 0.257 e. The maximum Gasteiger partial charge on any atom is 0.257 e. The lowest BCUT2D eigenvalue weighted by Crippen LogP contribution is -2.25. The number of carbonyl (C=O) groups excluding carboxylic acids is 1. The van der Waals surface area contributed by atoms with Crippen molar-refractivity contribution in [1.82, 2.24) is 5.32 Å². The molecule has 0 unspecified atom stereocenters. The standard InChI is InChI=1S/C16H15F2NO2/c1-21-10-12-5-2-4-11(8-12)9-19-16(20)15-13(17)6-3-7-14(15)18/h2-8H,9-10H2,1H3,(H,19,20). The van der Waals surface area contributed by atoms with Gasteiger partial charge in [-0.2, -0.15) is 0 Å². The summed E-state index contributed by atoms with van der Waals surface area (Å²) in [5.74, 6) is -2.52. The Balaban J connectivity index is 2.06. The topological polar surface area (TPSA) is 38.3 Å². The Morgan fingerprint density at radius 2 is 1.71 bits per heavy atom. The van der Waals surface area contributed by atoms with Gasteiger partial charge in [0, 0.05) is 13.7 Å². The molecule has 1 amide bonds. The Bertz CT molecular complexity index is 624. The first-order chi connectivity index (χ1) is 10.1. The van der Waals surface area contributed by atoms with Gasteiger partial charge in [-0.05, 0) is 23.3 Å². The third kappa shape index (κ3) is 3.86. The molecule has 2 rings (SSSR count). The molecule has 0 aliphatic carbocycles. The van der Waals surface area contributed by atoms with E-state index in [2.05, 4.69) is 5.32 Å². The van der Waals surface area contributed by atoms with E-state index in [0.29, 0.717) is 6.61 Å². The number of hydrogen-bond acceptors (Lipinski definition) is 2. The van der Waals surface area contributed by atoms with E-state index < -0.39 is 23.1 Å². The van der Waals surface area contributed by atoms with Gasteiger partial charge < -0.3 is 10.1 Å². The first kappa shape index (κ1) is 15.1. The highest BCUT2D eigenvalue weighted by Crippen LogP contribution is 2.12. The molecule has 0 saturated heterocycles. The molecule has 0 spiro atoms. The van der Waals surface area contributed by atoms with Gasteiger partial charge in [-0.3, -0.25) is 4.79 Å². The molecule has 21 heavy (non-hydrogen) atoms. The molecule has 0 aliphatic rings. The van der Waals surface area contributed by atoms with Crippen molar-refractivity contribution >= 4 is 5.91 Å². The maximum atomic E-state index is 13.5. The Morgan fingerprint density at radius 3 is 2.38 bits per heavy atom. The molecule has 5 heteroatoms. The molecular formula is C16H15F2NO2. The van der Waals surface area contributed by atoms with Crippen molar-refractivity contribution in [1.29, 1.82) is 0 Å². The molecular weight excluding hydrogens is 276 g/mol. The lowest BCUT2D eigenvalue weighted by atomic mass is 10.1. The molecule has 0 aromatic heterocycles. The number of amides is 1. The average molecular weight is 291 g/mol. The summed E-state index contributed by atoms with van der Waals surface area (Å²) in [5.41, 5.74) is 1.22. The van der Waals surface area contributed by atoms with Crippen LogP contribution < -0.4 is 5.32 Å². The highest BCUT2D eigenvalue weighted by atomic mass is 19.1. The van der Waals surface area contributed by atoms with E-state index in [0.717, 1.165) is 23.3 Å². The number of benzene rings is 2. The first-order valence-electron chi connectivity index (χ1n) is 6.41. The van der Waals surface area contributed by atoms with Crippen LogP contribution in [0.15, 0.2) is 42.5 Å². The quantitative estimate of drug-likeness (QED) is 0.919. The van der Waals surface area contributed by atoms with E-state index in [1.54, 1.807) is 7.11 Å². The number of rotatable bonds is 5.